The number of esters is 1. The Balaban J connectivity index is 1.77. The van der Waals surface area contributed by atoms with Crippen molar-refractivity contribution in [3.05, 3.63) is 54.6 Å². The minimum absolute atomic E-state index is 0.243. The Kier molecular flexibility index (Phi) is 8.90. The van der Waals surface area contributed by atoms with Gasteiger partial charge in [0.25, 0.3) is 5.91 Å². The van der Waals surface area contributed by atoms with Crippen LogP contribution in [0.1, 0.15) is 63.5 Å². The van der Waals surface area contributed by atoms with Crippen LogP contribution in [0.3, 0.4) is 0 Å². The molecule has 3 fully saturated rings. The Morgan fingerprint density at radius 2 is 1.93 bits per heavy atom. The van der Waals surface area contributed by atoms with E-state index in [9.17, 15) is 19.5 Å². The fourth-order valence-corrected chi connectivity index (χ4v) is 7.26. The number of hydrogen-bond donors (Lipinski definition) is 1. The number of carbonyl (C=O) groups excluding carboxylic acids is 3. The summed E-state index contributed by atoms with van der Waals surface area (Å²) in [5.74, 6) is -2.74. The van der Waals surface area contributed by atoms with Crippen LogP contribution < -0.4 is 4.90 Å². The number of benzene rings is 1. The van der Waals surface area contributed by atoms with E-state index in [1.54, 1.807) is 11.0 Å². The van der Waals surface area contributed by atoms with Gasteiger partial charge >= 0.3 is 5.97 Å². The molecule has 3 saturated heterocycles. The van der Waals surface area contributed by atoms with E-state index in [1.807, 2.05) is 52.0 Å². The van der Waals surface area contributed by atoms with Crippen molar-refractivity contribution in [3.8, 4) is 0 Å². The SMILES string of the molecule is C=CCCCCOC(=O)[C@H]1[C@H]2C(=O)N([C@@H](CC)CO)C(C(=O)N(CC=C)c3c(C)cccc3C)C23CC[C@]1(C)O3. The van der Waals surface area contributed by atoms with E-state index >= 15 is 0 Å². The summed E-state index contributed by atoms with van der Waals surface area (Å²) in [6.45, 7) is 15.5. The molecule has 0 aromatic heterocycles. The molecule has 218 valence electrons. The number of anilines is 1. The summed E-state index contributed by atoms with van der Waals surface area (Å²) < 4.78 is 12.4. The fraction of sp³-hybridized carbons (Fsp3) is 0.594. The Labute approximate surface area is 238 Å². The summed E-state index contributed by atoms with van der Waals surface area (Å²) in [6.07, 6.45) is 7.35. The number of hydrogen-bond acceptors (Lipinski definition) is 6. The highest BCUT2D eigenvalue weighted by molar-refractivity contribution is 6.05. The molecule has 0 aliphatic carbocycles. The monoisotopic (exact) mass is 552 g/mol. The summed E-state index contributed by atoms with van der Waals surface area (Å²) >= 11 is 0. The van der Waals surface area contributed by atoms with Gasteiger partial charge in [0.05, 0.1) is 30.8 Å². The molecule has 6 atom stereocenters. The third kappa shape index (κ3) is 4.79. The van der Waals surface area contributed by atoms with Crippen molar-refractivity contribution in [2.75, 3.05) is 24.7 Å². The summed E-state index contributed by atoms with van der Waals surface area (Å²) in [5.41, 5.74) is 0.526. The van der Waals surface area contributed by atoms with E-state index < -0.39 is 41.1 Å². The fourth-order valence-electron chi connectivity index (χ4n) is 7.26. The Morgan fingerprint density at radius 1 is 1.23 bits per heavy atom. The second-order valence-corrected chi connectivity index (χ2v) is 11.6. The molecule has 2 bridgehead atoms. The molecule has 1 aromatic carbocycles. The highest BCUT2D eigenvalue weighted by Gasteiger charge is 2.79. The number of fused-ring (bicyclic) bond motifs is 1. The Morgan fingerprint density at radius 3 is 2.52 bits per heavy atom. The molecule has 0 saturated carbocycles. The van der Waals surface area contributed by atoms with Crippen molar-refractivity contribution in [1.29, 1.82) is 0 Å². The van der Waals surface area contributed by atoms with Gasteiger partial charge in [-0.05, 0) is 70.4 Å². The number of aliphatic hydroxyl groups excluding tert-OH is 1. The average molecular weight is 553 g/mol. The van der Waals surface area contributed by atoms with Crippen LogP contribution in [-0.2, 0) is 23.9 Å². The van der Waals surface area contributed by atoms with E-state index in [-0.39, 0.29) is 31.6 Å². The van der Waals surface area contributed by atoms with E-state index in [1.165, 1.54) is 4.90 Å². The minimum Gasteiger partial charge on any atom is -0.465 e. The molecule has 4 rings (SSSR count). The van der Waals surface area contributed by atoms with Crippen LogP contribution in [0.4, 0.5) is 5.69 Å². The van der Waals surface area contributed by atoms with Gasteiger partial charge < -0.3 is 24.4 Å². The van der Waals surface area contributed by atoms with Crippen molar-refractivity contribution in [2.45, 2.75) is 89.5 Å². The molecular formula is C32H44N2O6. The van der Waals surface area contributed by atoms with Gasteiger partial charge in [0.2, 0.25) is 5.91 Å². The highest BCUT2D eigenvalue weighted by Crippen LogP contribution is 2.64. The van der Waals surface area contributed by atoms with Crippen molar-refractivity contribution in [1.82, 2.24) is 4.90 Å². The number of rotatable bonds is 13. The number of nitrogens with zero attached hydrogens (tertiary/aromatic N) is 2. The van der Waals surface area contributed by atoms with E-state index in [0.717, 1.165) is 29.7 Å². The van der Waals surface area contributed by atoms with Crippen LogP contribution >= 0.6 is 0 Å². The maximum atomic E-state index is 14.7. The maximum absolute atomic E-state index is 14.7. The smallest absolute Gasteiger partial charge is 0.312 e. The van der Waals surface area contributed by atoms with Gasteiger partial charge in [-0.3, -0.25) is 14.4 Å². The molecule has 40 heavy (non-hydrogen) atoms. The van der Waals surface area contributed by atoms with E-state index in [4.69, 9.17) is 9.47 Å². The lowest BCUT2D eigenvalue weighted by atomic mass is 9.66. The standard InChI is InChI=1S/C32H44N2O6/c1-7-10-11-12-19-39-30(38)25-24-28(36)34(23(9-3)20-35)27(32(24)17-16-31(25,6)40-32)29(37)33(18-8-2)26-21(4)14-13-15-22(26)5/h7-8,13-15,23-25,27,35H,1-2,9-12,16-20H2,3-6H3/t23-,24-,25+,27?,31-,32?/m0/s1. The van der Waals surface area contributed by atoms with Gasteiger partial charge in [0, 0.05) is 12.2 Å². The number of allylic oxidation sites excluding steroid dienone is 1. The first-order valence-electron chi connectivity index (χ1n) is 14.5. The normalized spacial score (nSPS) is 29.3. The van der Waals surface area contributed by atoms with Crippen molar-refractivity contribution < 1.29 is 29.0 Å². The van der Waals surface area contributed by atoms with E-state index in [0.29, 0.717) is 25.7 Å². The Bertz CT molecular complexity index is 1140. The topological polar surface area (TPSA) is 96.4 Å². The molecule has 3 aliphatic heterocycles. The average Bonchev–Trinajstić information content (AvgIpc) is 3.49. The van der Waals surface area contributed by atoms with Gasteiger partial charge in [0.1, 0.15) is 17.6 Å². The number of unbranched alkanes of at least 4 members (excludes halogenated alkanes) is 2. The highest BCUT2D eigenvalue weighted by atomic mass is 16.6. The number of aryl methyl sites for hydroxylation is 2. The molecular weight excluding hydrogens is 508 g/mol. The first-order chi connectivity index (χ1) is 19.1. The van der Waals surface area contributed by atoms with Crippen LogP contribution in [0.15, 0.2) is 43.5 Å². The number of likely N-dealkylation sites (tertiary alicyclic amines) is 1. The zero-order valence-electron chi connectivity index (χ0n) is 24.4. The zero-order chi connectivity index (χ0) is 29.2. The van der Waals surface area contributed by atoms with E-state index in [2.05, 4.69) is 13.2 Å². The van der Waals surface area contributed by atoms with Crippen LogP contribution in [0, 0.1) is 25.7 Å². The number of aliphatic hydroxyl groups is 1. The summed E-state index contributed by atoms with van der Waals surface area (Å²) in [5, 5.41) is 10.3. The molecule has 8 nitrogen and oxygen atoms in total. The van der Waals surface area contributed by atoms with Crippen LogP contribution in [-0.4, -0.2) is 70.8 Å². The number of ether oxygens (including phenoxy) is 2. The number of para-hydroxylation sites is 1. The second kappa shape index (κ2) is 11.9. The first-order valence-corrected chi connectivity index (χ1v) is 14.5. The number of amides is 2. The van der Waals surface area contributed by atoms with Gasteiger partial charge in [-0.2, -0.15) is 0 Å². The third-order valence-electron chi connectivity index (χ3n) is 9.11. The molecule has 2 amide bonds. The minimum atomic E-state index is -1.19. The lowest BCUT2D eigenvalue weighted by Crippen LogP contribution is -2.59. The van der Waals surface area contributed by atoms with Crippen molar-refractivity contribution in [3.63, 3.8) is 0 Å². The largest absolute Gasteiger partial charge is 0.465 e. The maximum Gasteiger partial charge on any atom is 0.312 e. The molecule has 1 spiro atoms. The molecule has 3 aliphatic rings. The van der Waals surface area contributed by atoms with Gasteiger partial charge in [-0.1, -0.05) is 37.3 Å². The van der Waals surface area contributed by atoms with Crippen LogP contribution in [0.25, 0.3) is 0 Å². The third-order valence-corrected chi connectivity index (χ3v) is 9.11. The molecule has 0 radical (unpaired) electrons. The van der Waals surface area contributed by atoms with Crippen molar-refractivity contribution in [2.24, 2.45) is 11.8 Å². The predicted octanol–water partition coefficient (Wildman–Crippen LogP) is 4.26. The molecule has 8 heteroatoms. The second-order valence-electron chi connectivity index (χ2n) is 11.6. The molecule has 3 heterocycles. The molecule has 2 unspecified atom stereocenters. The number of carbonyl (C=O) groups is 3. The molecule has 1 N–H and O–H groups in total. The summed E-state index contributed by atoms with van der Waals surface area (Å²) in [4.78, 5) is 45.7. The van der Waals surface area contributed by atoms with Crippen LogP contribution in [0.2, 0.25) is 0 Å². The Hall–Kier alpha value is -2.97. The lowest BCUT2D eigenvalue weighted by molar-refractivity contribution is -0.160. The van der Waals surface area contributed by atoms with Crippen molar-refractivity contribution >= 4 is 23.5 Å². The summed E-state index contributed by atoms with van der Waals surface area (Å²) in [6, 6.07) is 4.27. The summed E-state index contributed by atoms with van der Waals surface area (Å²) in [7, 11) is 0. The van der Waals surface area contributed by atoms with Gasteiger partial charge in [-0.15, -0.1) is 13.2 Å². The van der Waals surface area contributed by atoms with Crippen LogP contribution in [0.5, 0.6) is 0 Å². The first kappa shape index (κ1) is 30.0. The quantitative estimate of drug-likeness (QED) is 0.223. The molecule has 1 aromatic rings. The van der Waals surface area contributed by atoms with Gasteiger partial charge in [-0.25, -0.2) is 0 Å². The van der Waals surface area contributed by atoms with Gasteiger partial charge in [0.15, 0.2) is 0 Å². The lowest BCUT2D eigenvalue weighted by Gasteiger charge is -2.39. The zero-order valence-corrected chi connectivity index (χ0v) is 24.4. The predicted molar refractivity (Wildman–Crippen MR) is 154 cm³/mol.